The molecule has 1 fully saturated rings. The highest BCUT2D eigenvalue weighted by Gasteiger charge is 2.13. The van der Waals surface area contributed by atoms with Crippen LogP contribution in [-0.2, 0) is 17.9 Å². The molecule has 0 atom stereocenters. The van der Waals surface area contributed by atoms with Crippen molar-refractivity contribution in [3.63, 3.8) is 0 Å². The average molecular weight is 462 g/mol. The summed E-state index contributed by atoms with van der Waals surface area (Å²) < 4.78 is 16.8. The minimum absolute atomic E-state index is 0. The van der Waals surface area contributed by atoms with Crippen LogP contribution in [0, 0.1) is 0 Å². The largest absolute Gasteiger partial charge is 1.00 e. The quantitative estimate of drug-likeness (QED) is 0.414. The summed E-state index contributed by atoms with van der Waals surface area (Å²) >= 11 is 6.46. The molecule has 5 nitrogen and oxygen atoms in total. The maximum absolute atomic E-state index is 6.46. The zero-order valence-electron chi connectivity index (χ0n) is 16.5. The third-order valence-electron chi connectivity index (χ3n) is 4.55. The summed E-state index contributed by atoms with van der Waals surface area (Å²) in [6, 6.07) is 13.9. The molecule has 0 radical (unpaired) electrons. The fourth-order valence-electron chi connectivity index (χ4n) is 3.04. The van der Waals surface area contributed by atoms with E-state index in [0.29, 0.717) is 23.1 Å². The molecule has 1 N–H and O–H groups in total. The molecule has 8 heteroatoms. The predicted octanol–water partition coefficient (Wildman–Crippen LogP) is -2.64. The van der Waals surface area contributed by atoms with E-state index in [4.69, 9.17) is 25.8 Å². The van der Waals surface area contributed by atoms with Crippen LogP contribution in [0.4, 0.5) is 0 Å². The van der Waals surface area contributed by atoms with Crippen molar-refractivity contribution in [2.24, 2.45) is 0 Å². The Morgan fingerprint density at radius 2 is 1.79 bits per heavy atom. The lowest BCUT2D eigenvalue weighted by atomic mass is 10.2. The van der Waals surface area contributed by atoms with Gasteiger partial charge in [0.25, 0.3) is 0 Å². The summed E-state index contributed by atoms with van der Waals surface area (Å²) in [5.74, 6) is 1.24. The second-order valence-corrected chi connectivity index (χ2v) is 6.92. The van der Waals surface area contributed by atoms with Gasteiger partial charge in [0, 0.05) is 32.7 Å². The maximum Gasteiger partial charge on any atom is 0.180 e. The van der Waals surface area contributed by atoms with Gasteiger partial charge in [0.05, 0.1) is 25.3 Å². The van der Waals surface area contributed by atoms with Gasteiger partial charge >= 0.3 is 0 Å². The van der Waals surface area contributed by atoms with Crippen LogP contribution in [0.5, 0.6) is 11.5 Å². The summed E-state index contributed by atoms with van der Waals surface area (Å²) in [4.78, 5) is 2.41. The first-order valence-corrected chi connectivity index (χ1v) is 9.68. The Morgan fingerprint density at radius 3 is 2.48 bits per heavy atom. The fraction of sp³-hybridized carbons (Fsp3) is 0.429. The Hall–Kier alpha value is -1.21. The molecule has 2 aromatic carbocycles. The third kappa shape index (κ3) is 8.21. The summed E-state index contributed by atoms with van der Waals surface area (Å²) in [6.45, 7) is 6.81. The second-order valence-electron chi connectivity index (χ2n) is 6.51. The minimum Gasteiger partial charge on any atom is -1.00 e. The number of nitrogens with one attached hydrogen (secondary N) is 1. The summed E-state index contributed by atoms with van der Waals surface area (Å²) in [5, 5.41) is 4.03. The number of methoxy groups -OCH3 is 1. The molecule has 0 bridgehead atoms. The molecule has 0 aliphatic carbocycles. The van der Waals surface area contributed by atoms with Crippen molar-refractivity contribution in [1.29, 1.82) is 0 Å². The van der Waals surface area contributed by atoms with E-state index in [1.54, 1.807) is 7.11 Å². The van der Waals surface area contributed by atoms with Crippen LogP contribution in [0.3, 0.4) is 0 Å². The highest BCUT2D eigenvalue weighted by Crippen LogP contribution is 2.37. The zero-order chi connectivity index (χ0) is 18.9. The van der Waals surface area contributed by atoms with Crippen LogP contribution in [-0.4, -0.2) is 51.4 Å². The van der Waals surface area contributed by atoms with Crippen LogP contribution < -0.4 is 39.6 Å². The van der Waals surface area contributed by atoms with E-state index in [1.807, 2.05) is 42.5 Å². The van der Waals surface area contributed by atoms with Crippen molar-refractivity contribution in [2.45, 2.75) is 13.2 Å². The molecule has 0 amide bonds. The first-order valence-electron chi connectivity index (χ1n) is 9.30. The summed E-state index contributed by atoms with van der Waals surface area (Å²) in [6.07, 6.45) is 0. The van der Waals surface area contributed by atoms with Gasteiger partial charge in [-0.05, 0) is 23.3 Å². The number of hydrogen-bond donors (Lipinski definition) is 1. The van der Waals surface area contributed by atoms with Gasteiger partial charge < -0.3 is 44.3 Å². The number of halogens is 3. The Kier molecular flexibility index (Phi) is 12.4. The van der Waals surface area contributed by atoms with Gasteiger partial charge in [-0.3, -0.25) is 4.90 Å². The highest BCUT2D eigenvalue weighted by molar-refractivity contribution is 6.32. The topological polar surface area (TPSA) is 43.0 Å². The van der Waals surface area contributed by atoms with Crippen molar-refractivity contribution >= 4 is 11.6 Å². The first kappa shape index (κ1) is 25.8. The van der Waals surface area contributed by atoms with Crippen LogP contribution in [0.1, 0.15) is 11.1 Å². The molecule has 0 saturated carbocycles. The van der Waals surface area contributed by atoms with Crippen LogP contribution in [0.25, 0.3) is 0 Å². The number of nitrogens with zero attached hydrogens (tertiary/aromatic N) is 1. The van der Waals surface area contributed by atoms with E-state index in [9.17, 15) is 0 Å². The van der Waals surface area contributed by atoms with E-state index < -0.39 is 0 Å². The lowest BCUT2D eigenvalue weighted by Gasteiger charge is -2.26. The van der Waals surface area contributed by atoms with Crippen molar-refractivity contribution < 1.29 is 39.0 Å². The lowest BCUT2D eigenvalue weighted by molar-refractivity contribution is -0.00100. The van der Waals surface area contributed by atoms with E-state index in [2.05, 4.69) is 10.2 Å². The highest BCUT2D eigenvalue weighted by atomic mass is 35.5. The monoisotopic (exact) mass is 460 g/mol. The van der Waals surface area contributed by atoms with Gasteiger partial charge in [-0.25, -0.2) is 0 Å². The van der Waals surface area contributed by atoms with E-state index in [1.165, 1.54) is 0 Å². The van der Waals surface area contributed by atoms with Gasteiger partial charge in [-0.2, -0.15) is 0 Å². The molecular formula is C21H27Cl3N2O3-2. The Balaban J connectivity index is 0.00000210. The summed E-state index contributed by atoms with van der Waals surface area (Å²) in [5.41, 5.74) is 2.16. The first-order chi connectivity index (χ1) is 13.3. The van der Waals surface area contributed by atoms with Crippen LogP contribution >= 0.6 is 11.6 Å². The smallest absolute Gasteiger partial charge is 0.180 e. The molecule has 0 unspecified atom stereocenters. The molecule has 0 spiro atoms. The number of benzene rings is 2. The number of rotatable bonds is 9. The molecule has 1 heterocycles. The normalized spacial score (nSPS) is 13.9. The molecular weight excluding hydrogens is 435 g/mol. The van der Waals surface area contributed by atoms with Gasteiger partial charge in [0.15, 0.2) is 11.5 Å². The molecule has 1 saturated heterocycles. The van der Waals surface area contributed by atoms with Crippen LogP contribution in [0.2, 0.25) is 5.02 Å². The number of morpholine rings is 1. The van der Waals surface area contributed by atoms with Gasteiger partial charge in [0.2, 0.25) is 0 Å². The molecule has 3 rings (SSSR count). The number of hydrogen-bond acceptors (Lipinski definition) is 5. The van der Waals surface area contributed by atoms with Crippen LogP contribution in [0.15, 0.2) is 42.5 Å². The zero-order valence-corrected chi connectivity index (χ0v) is 18.8. The minimum atomic E-state index is 0. The van der Waals surface area contributed by atoms with E-state index >= 15 is 0 Å². The maximum atomic E-state index is 6.46. The summed E-state index contributed by atoms with van der Waals surface area (Å²) in [7, 11) is 1.64. The molecule has 0 aromatic heterocycles. The average Bonchev–Trinajstić information content (AvgIpc) is 2.71. The molecule has 29 heavy (non-hydrogen) atoms. The van der Waals surface area contributed by atoms with Crippen molar-refractivity contribution in [2.75, 3.05) is 46.5 Å². The van der Waals surface area contributed by atoms with E-state index in [-0.39, 0.29) is 24.8 Å². The Bertz CT molecular complexity index is 714. The predicted molar refractivity (Wildman–Crippen MR) is 108 cm³/mol. The molecule has 1 aliphatic rings. The molecule has 2 aromatic rings. The Labute approximate surface area is 190 Å². The lowest BCUT2D eigenvalue weighted by Crippen LogP contribution is -3.00. The second kappa shape index (κ2) is 13.9. The Morgan fingerprint density at radius 1 is 1.07 bits per heavy atom. The fourth-order valence-corrected chi connectivity index (χ4v) is 3.33. The molecule has 1 aliphatic heterocycles. The molecule has 162 valence electrons. The van der Waals surface area contributed by atoms with Crippen molar-refractivity contribution in [3.8, 4) is 11.5 Å². The van der Waals surface area contributed by atoms with Gasteiger partial charge in [0.1, 0.15) is 6.61 Å². The SMILES string of the molecule is COc1cc(CNCCN2CCOCC2)cc(Cl)c1OCc1ccccc1.[Cl-].[Cl-]. The standard InChI is InChI=1S/C21H27ClN2O3.2ClH/c1-25-20-14-18(15-23-7-8-24-9-11-26-12-10-24)13-19(22)21(20)27-16-17-5-3-2-4-6-17;;/h2-6,13-14,23H,7-12,15-16H2,1H3;2*1H/p-2. The number of ether oxygens (including phenoxy) is 3. The van der Waals surface area contributed by atoms with Gasteiger partial charge in [-0.1, -0.05) is 41.9 Å². The van der Waals surface area contributed by atoms with Gasteiger partial charge in [-0.15, -0.1) is 0 Å². The van der Waals surface area contributed by atoms with E-state index in [0.717, 1.165) is 57.1 Å². The van der Waals surface area contributed by atoms with Crippen molar-refractivity contribution in [1.82, 2.24) is 10.2 Å². The van der Waals surface area contributed by atoms with Crippen molar-refractivity contribution in [3.05, 3.63) is 58.6 Å². The third-order valence-corrected chi connectivity index (χ3v) is 4.83.